The molecule has 8 heteroatoms. The number of benzene rings is 1. The summed E-state index contributed by atoms with van der Waals surface area (Å²) >= 11 is 1.52. The molecule has 0 radical (unpaired) electrons. The summed E-state index contributed by atoms with van der Waals surface area (Å²) in [6, 6.07) is 10.2. The third-order valence-electron chi connectivity index (χ3n) is 3.31. The molecule has 0 aliphatic heterocycles. The average molecular weight is 365 g/mol. The molecule has 0 unspecified atom stereocenters. The topological polar surface area (TPSA) is 78.8 Å². The van der Waals surface area contributed by atoms with Crippen molar-refractivity contribution < 1.29 is 13.2 Å². The molecular formula is C16H19N3O3S2. The number of hydrazone groups is 1. The molecule has 1 aromatic heterocycles. The van der Waals surface area contributed by atoms with Crippen LogP contribution in [0, 0.1) is 0 Å². The maximum atomic E-state index is 12.0. The highest BCUT2D eigenvalue weighted by molar-refractivity contribution is 7.89. The van der Waals surface area contributed by atoms with E-state index in [9.17, 15) is 13.2 Å². The average Bonchev–Trinajstić information content (AvgIpc) is 3.05. The zero-order valence-electron chi connectivity index (χ0n) is 13.7. The second-order valence-corrected chi connectivity index (χ2v) is 8.48. The van der Waals surface area contributed by atoms with Crippen LogP contribution in [0.3, 0.4) is 0 Å². The first kappa shape index (κ1) is 18.3. The smallest absolute Gasteiger partial charge is 0.245 e. The number of rotatable bonds is 6. The lowest BCUT2D eigenvalue weighted by Gasteiger charge is -2.11. The van der Waals surface area contributed by atoms with E-state index in [0.717, 1.165) is 14.7 Å². The van der Waals surface area contributed by atoms with E-state index in [0.29, 0.717) is 5.71 Å². The van der Waals surface area contributed by atoms with E-state index in [1.165, 1.54) is 37.6 Å². The number of carbonyl (C=O) groups excluding carboxylic acids is 1. The van der Waals surface area contributed by atoms with Crippen molar-refractivity contribution in [3.05, 3.63) is 52.2 Å². The highest BCUT2D eigenvalue weighted by atomic mass is 32.2. The lowest BCUT2D eigenvalue weighted by atomic mass is 10.1. The molecule has 0 saturated heterocycles. The van der Waals surface area contributed by atoms with Crippen molar-refractivity contribution in [3.8, 4) is 0 Å². The summed E-state index contributed by atoms with van der Waals surface area (Å²) in [5.41, 5.74) is 3.85. The first-order chi connectivity index (χ1) is 11.3. The summed E-state index contributed by atoms with van der Waals surface area (Å²) in [5, 5.41) is 5.98. The number of hydrogen-bond acceptors (Lipinski definition) is 5. The third kappa shape index (κ3) is 4.50. The summed E-state index contributed by atoms with van der Waals surface area (Å²) in [6.45, 7) is 1.75. The van der Waals surface area contributed by atoms with Crippen molar-refractivity contribution in [3.63, 3.8) is 0 Å². The van der Waals surface area contributed by atoms with E-state index in [-0.39, 0.29) is 17.2 Å². The van der Waals surface area contributed by atoms with E-state index in [4.69, 9.17) is 0 Å². The van der Waals surface area contributed by atoms with Gasteiger partial charge in [-0.3, -0.25) is 4.79 Å². The summed E-state index contributed by atoms with van der Waals surface area (Å²) in [5.74, 6) is -0.191. The first-order valence-corrected chi connectivity index (χ1v) is 9.51. The van der Waals surface area contributed by atoms with Crippen LogP contribution in [0.2, 0.25) is 0 Å². The van der Waals surface area contributed by atoms with Crippen molar-refractivity contribution in [2.24, 2.45) is 5.10 Å². The van der Waals surface area contributed by atoms with Gasteiger partial charge in [0.15, 0.2) is 0 Å². The van der Waals surface area contributed by atoms with Gasteiger partial charge in [0.1, 0.15) is 0 Å². The number of hydrogen-bond donors (Lipinski definition) is 1. The standard InChI is InChI=1S/C16H19N3O3S2/c1-12(17-18-16(20)11-14-5-4-10-23-14)13-6-8-15(9-7-13)24(21,22)19(2)3/h4-10H,11H2,1-3H3,(H,18,20). The second-order valence-electron chi connectivity index (χ2n) is 5.30. The molecule has 1 N–H and O–H groups in total. The van der Waals surface area contributed by atoms with Gasteiger partial charge in [-0.05, 0) is 36.1 Å². The van der Waals surface area contributed by atoms with Gasteiger partial charge in [-0.2, -0.15) is 5.10 Å². The predicted molar refractivity (Wildman–Crippen MR) is 95.7 cm³/mol. The summed E-state index contributed by atoms with van der Waals surface area (Å²) in [4.78, 5) is 13.0. The van der Waals surface area contributed by atoms with Gasteiger partial charge in [-0.1, -0.05) is 18.2 Å². The van der Waals surface area contributed by atoms with Gasteiger partial charge in [0, 0.05) is 19.0 Å². The Balaban J connectivity index is 2.04. The Morgan fingerprint density at radius 2 is 1.88 bits per heavy atom. The van der Waals surface area contributed by atoms with Gasteiger partial charge in [0.2, 0.25) is 15.9 Å². The first-order valence-electron chi connectivity index (χ1n) is 7.19. The minimum absolute atomic E-state index is 0.191. The SMILES string of the molecule is CC(=NNC(=O)Cc1cccs1)c1ccc(S(=O)(=O)N(C)C)cc1. The molecule has 128 valence electrons. The van der Waals surface area contributed by atoms with Crippen molar-refractivity contribution >= 4 is 33.0 Å². The van der Waals surface area contributed by atoms with Crippen LogP contribution in [0.4, 0.5) is 0 Å². The molecule has 0 bridgehead atoms. The van der Waals surface area contributed by atoms with E-state index in [2.05, 4.69) is 10.5 Å². The van der Waals surface area contributed by atoms with Crippen LogP contribution >= 0.6 is 11.3 Å². The summed E-state index contributed by atoms with van der Waals surface area (Å²) in [6.07, 6.45) is 0.286. The summed E-state index contributed by atoms with van der Waals surface area (Å²) < 4.78 is 25.2. The van der Waals surface area contributed by atoms with Crippen molar-refractivity contribution in [2.45, 2.75) is 18.2 Å². The Kier molecular flexibility index (Phi) is 5.87. The molecule has 0 atom stereocenters. The van der Waals surface area contributed by atoms with Crippen LogP contribution in [0.5, 0.6) is 0 Å². The number of thiophene rings is 1. The summed E-state index contributed by atoms with van der Waals surface area (Å²) in [7, 11) is -0.479. The fraction of sp³-hybridized carbons (Fsp3) is 0.250. The Morgan fingerprint density at radius 3 is 2.42 bits per heavy atom. The predicted octanol–water partition coefficient (Wildman–Crippen LogP) is 2.08. The van der Waals surface area contributed by atoms with Gasteiger partial charge < -0.3 is 0 Å². The molecule has 1 amide bonds. The molecule has 0 fully saturated rings. The molecular weight excluding hydrogens is 346 g/mol. The molecule has 0 saturated carbocycles. The molecule has 0 spiro atoms. The largest absolute Gasteiger partial charge is 0.273 e. The van der Waals surface area contributed by atoms with E-state index < -0.39 is 10.0 Å². The van der Waals surface area contributed by atoms with Crippen LogP contribution in [-0.4, -0.2) is 38.4 Å². The number of carbonyl (C=O) groups is 1. The highest BCUT2D eigenvalue weighted by Crippen LogP contribution is 2.14. The Morgan fingerprint density at radius 1 is 1.21 bits per heavy atom. The number of amides is 1. The maximum Gasteiger partial charge on any atom is 0.245 e. The van der Waals surface area contributed by atoms with E-state index >= 15 is 0 Å². The Bertz CT molecular complexity index is 824. The van der Waals surface area contributed by atoms with Gasteiger partial charge in [0.25, 0.3) is 0 Å². The van der Waals surface area contributed by atoms with Crippen molar-refractivity contribution in [2.75, 3.05) is 14.1 Å². The minimum atomic E-state index is -3.45. The lowest BCUT2D eigenvalue weighted by molar-refractivity contribution is -0.120. The monoisotopic (exact) mass is 365 g/mol. The molecule has 1 heterocycles. The minimum Gasteiger partial charge on any atom is -0.273 e. The number of sulfonamides is 1. The molecule has 2 rings (SSSR count). The zero-order chi connectivity index (χ0) is 17.7. The number of nitrogens with zero attached hydrogens (tertiary/aromatic N) is 2. The zero-order valence-corrected chi connectivity index (χ0v) is 15.3. The van der Waals surface area contributed by atoms with Crippen molar-refractivity contribution in [1.29, 1.82) is 0 Å². The van der Waals surface area contributed by atoms with Crippen LogP contribution in [-0.2, 0) is 21.2 Å². The maximum absolute atomic E-state index is 12.0. The second kappa shape index (κ2) is 7.69. The van der Waals surface area contributed by atoms with Gasteiger partial charge in [0.05, 0.1) is 17.0 Å². The highest BCUT2D eigenvalue weighted by Gasteiger charge is 2.16. The van der Waals surface area contributed by atoms with Crippen LogP contribution < -0.4 is 5.43 Å². The Labute approximate surface area is 145 Å². The molecule has 0 aliphatic rings. The van der Waals surface area contributed by atoms with E-state index in [1.54, 1.807) is 19.1 Å². The molecule has 1 aromatic carbocycles. The number of nitrogens with one attached hydrogen (secondary N) is 1. The van der Waals surface area contributed by atoms with Crippen LogP contribution in [0.25, 0.3) is 0 Å². The Hall–Kier alpha value is -2.03. The molecule has 24 heavy (non-hydrogen) atoms. The third-order valence-corrected chi connectivity index (χ3v) is 6.02. The normalized spacial score (nSPS) is 12.4. The fourth-order valence-electron chi connectivity index (χ4n) is 1.90. The van der Waals surface area contributed by atoms with Crippen LogP contribution in [0.15, 0.2) is 51.8 Å². The van der Waals surface area contributed by atoms with E-state index in [1.807, 2.05) is 17.5 Å². The molecule has 6 nitrogen and oxygen atoms in total. The van der Waals surface area contributed by atoms with Gasteiger partial charge >= 0.3 is 0 Å². The quantitative estimate of drug-likeness (QED) is 0.629. The lowest BCUT2D eigenvalue weighted by Crippen LogP contribution is -2.22. The van der Waals surface area contributed by atoms with Crippen molar-refractivity contribution in [1.82, 2.24) is 9.73 Å². The van der Waals surface area contributed by atoms with Crippen LogP contribution in [0.1, 0.15) is 17.4 Å². The van der Waals surface area contributed by atoms with Gasteiger partial charge in [-0.25, -0.2) is 18.1 Å². The molecule has 2 aromatic rings. The van der Waals surface area contributed by atoms with Gasteiger partial charge in [-0.15, -0.1) is 11.3 Å². The fourth-order valence-corrected chi connectivity index (χ4v) is 3.51. The molecule has 0 aliphatic carbocycles.